The molecule has 1 aliphatic carbocycles. The molecule has 1 unspecified atom stereocenters. The Morgan fingerprint density at radius 3 is 2.90 bits per heavy atom. The second-order valence-corrected chi connectivity index (χ2v) is 5.85. The van der Waals surface area contributed by atoms with E-state index in [-0.39, 0.29) is 5.91 Å². The molecule has 0 spiro atoms. The fraction of sp³-hybridized carbons (Fsp3) is 0.786. The summed E-state index contributed by atoms with van der Waals surface area (Å²) in [7, 11) is 0. The van der Waals surface area contributed by atoms with Crippen molar-refractivity contribution in [3.63, 3.8) is 0 Å². The number of ether oxygens (including phenoxy) is 1. The van der Waals surface area contributed by atoms with Gasteiger partial charge in [-0.05, 0) is 12.8 Å². The Kier molecular flexibility index (Phi) is 4.50. The third-order valence-corrected chi connectivity index (χ3v) is 4.35. The predicted octanol–water partition coefficient (Wildman–Crippen LogP) is 0.803. The van der Waals surface area contributed by atoms with Crippen molar-refractivity contribution in [2.24, 2.45) is 5.73 Å². The van der Waals surface area contributed by atoms with E-state index >= 15 is 0 Å². The molecule has 1 aliphatic heterocycles. The Morgan fingerprint density at radius 2 is 2.14 bits per heavy atom. The zero-order valence-electron chi connectivity index (χ0n) is 12.2. The van der Waals surface area contributed by atoms with Gasteiger partial charge in [-0.1, -0.05) is 24.4 Å². The van der Waals surface area contributed by atoms with Crippen molar-refractivity contribution in [2.75, 3.05) is 19.8 Å². The van der Waals surface area contributed by atoms with Gasteiger partial charge in [-0.3, -0.25) is 9.69 Å². The third kappa shape index (κ3) is 3.41. The van der Waals surface area contributed by atoms with Gasteiger partial charge < -0.3 is 15.0 Å². The first-order chi connectivity index (χ1) is 10.2. The summed E-state index contributed by atoms with van der Waals surface area (Å²) in [5, 5.41) is 4.06. The largest absolute Gasteiger partial charge is 0.378 e. The van der Waals surface area contributed by atoms with Gasteiger partial charge in [-0.15, -0.1) is 0 Å². The number of carbonyl (C=O) groups is 1. The molecule has 21 heavy (non-hydrogen) atoms. The lowest BCUT2D eigenvalue weighted by molar-refractivity contribution is -0.129. The Balaban J connectivity index is 1.64. The highest BCUT2D eigenvalue weighted by molar-refractivity contribution is 5.80. The minimum Gasteiger partial charge on any atom is -0.378 e. The predicted molar refractivity (Wildman–Crippen MR) is 74.3 cm³/mol. The molecule has 0 radical (unpaired) electrons. The molecule has 1 saturated carbocycles. The highest BCUT2D eigenvalue weighted by Crippen LogP contribution is 2.31. The zero-order valence-corrected chi connectivity index (χ0v) is 12.2. The number of primary amides is 1. The summed E-state index contributed by atoms with van der Waals surface area (Å²) < 4.78 is 10.7. The lowest BCUT2D eigenvalue weighted by atomic mass is 9.89. The topological polar surface area (TPSA) is 94.5 Å². The molecule has 0 bridgehead atoms. The Hall–Kier alpha value is -1.47. The van der Waals surface area contributed by atoms with Gasteiger partial charge in [-0.2, -0.15) is 4.98 Å². The molecule has 2 aliphatic rings. The number of morpholine rings is 1. The van der Waals surface area contributed by atoms with E-state index in [4.69, 9.17) is 15.0 Å². The minimum absolute atomic E-state index is 0.336. The maximum absolute atomic E-state index is 11.4. The average Bonchev–Trinajstić information content (AvgIpc) is 2.97. The first-order valence-corrected chi connectivity index (χ1v) is 7.67. The van der Waals surface area contributed by atoms with Gasteiger partial charge in [0.2, 0.25) is 11.8 Å². The molecule has 1 atom stereocenters. The smallest absolute Gasteiger partial charge is 0.237 e. The number of aromatic nitrogens is 2. The van der Waals surface area contributed by atoms with Gasteiger partial charge in [-0.25, -0.2) is 0 Å². The Bertz CT molecular complexity index is 484. The molecule has 1 aromatic rings. The fourth-order valence-electron chi connectivity index (χ4n) is 3.12. The normalized spacial score (nSPS) is 25.0. The van der Waals surface area contributed by atoms with Crippen molar-refractivity contribution in [1.82, 2.24) is 15.0 Å². The number of hydrogen-bond acceptors (Lipinski definition) is 6. The minimum atomic E-state index is -0.407. The van der Waals surface area contributed by atoms with Gasteiger partial charge in [0.05, 0.1) is 19.8 Å². The lowest BCUT2D eigenvalue weighted by Crippen LogP contribution is -2.51. The monoisotopic (exact) mass is 294 g/mol. The van der Waals surface area contributed by atoms with E-state index in [1.165, 1.54) is 19.3 Å². The molecule has 1 saturated heterocycles. The first kappa shape index (κ1) is 14.5. The summed E-state index contributed by atoms with van der Waals surface area (Å²) in [6.45, 7) is 2.06. The van der Waals surface area contributed by atoms with Crippen molar-refractivity contribution in [1.29, 1.82) is 0 Å². The van der Waals surface area contributed by atoms with Crippen LogP contribution in [0.4, 0.5) is 0 Å². The molecule has 2 N–H and O–H groups in total. The summed E-state index contributed by atoms with van der Waals surface area (Å²) in [5.41, 5.74) is 5.41. The van der Waals surface area contributed by atoms with Gasteiger partial charge in [0.15, 0.2) is 5.82 Å². The molecular formula is C14H22N4O3. The number of amides is 1. The maximum Gasteiger partial charge on any atom is 0.237 e. The Morgan fingerprint density at radius 1 is 1.33 bits per heavy atom. The van der Waals surface area contributed by atoms with E-state index in [9.17, 15) is 4.79 Å². The maximum atomic E-state index is 11.4. The van der Waals surface area contributed by atoms with E-state index in [1.807, 2.05) is 4.90 Å². The van der Waals surface area contributed by atoms with Crippen molar-refractivity contribution < 1.29 is 14.1 Å². The molecule has 7 heteroatoms. The standard InChI is InChI=1S/C14H22N4O3/c15-13(19)11-9-20-7-6-18(11)8-12-16-14(21-17-12)10-4-2-1-3-5-10/h10-11H,1-9H2,(H2,15,19). The highest BCUT2D eigenvalue weighted by Gasteiger charge is 2.29. The fourth-order valence-corrected chi connectivity index (χ4v) is 3.12. The van der Waals surface area contributed by atoms with Crippen molar-refractivity contribution in [3.8, 4) is 0 Å². The van der Waals surface area contributed by atoms with Crippen LogP contribution in [0.15, 0.2) is 4.52 Å². The van der Waals surface area contributed by atoms with E-state index in [2.05, 4.69) is 10.1 Å². The van der Waals surface area contributed by atoms with Gasteiger partial charge >= 0.3 is 0 Å². The van der Waals surface area contributed by atoms with Crippen LogP contribution in [0, 0.1) is 0 Å². The quantitative estimate of drug-likeness (QED) is 0.882. The average molecular weight is 294 g/mol. The highest BCUT2D eigenvalue weighted by atomic mass is 16.5. The van der Waals surface area contributed by atoms with Crippen LogP contribution in [0.3, 0.4) is 0 Å². The van der Waals surface area contributed by atoms with Crippen LogP contribution in [-0.4, -0.2) is 46.7 Å². The summed E-state index contributed by atoms with van der Waals surface area (Å²) in [6.07, 6.45) is 6.02. The molecule has 116 valence electrons. The summed E-state index contributed by atoms with van der Waals surface area (Å²) in [6, 6.07) is -0.407. The molecule has 1 amide bonds. The van der Waals surface area contributed by atoms with Crippen molar-refractivity contribution in [2.45, 2.75) is 50.6 Å². The zero-order chi connectivity index (χ0) is 14.7. The van der Waals surface area contributed by atoms with Crippen LogP contribution in [0.25, 0.3) is 0 Å². The van der Waals surface area contributed by atoms with E-state index in [0.717, 1.165) is 18.7 Å². The SMILES string of the molecule is NC(=O)C1COCCN1Cc1noc(C2CCCCC2)n1. The van der Waals surface area contributed by atoms with Gasteiger partial charge in [0.1, 0.15) is 6.04 Å². The molecule has 2 fully saturated rings. The number of hydrogen-bond donors (Lipinski definition) is 1. The summed E-state index contributed by atoms with van der Waals surface area (Å²) >= 11 is 0. The van der Waals surface area contributed by atoms with Crippen molar-refractivity contribution in [3.05, 3.63) is 11.7 Å². The van der Waals surface area contributed by atoms with Crippen molar-refractivity contribution >= 4 is 5.91 Å². The molecule has 1 aromatic heterocycles. The van der Waals surface area contributed by atoms with Crippen LogP contribution in [-0.2, 0) is 16.1 Å². The summed E-state index contributed by atoms with van der Waals surface area (Å²) in [4.78, 5) is 17.9. The molecule has 0 aromatic carbocycles. The van der Waals surface area contributed by atoms with E-state index < -0.39 is 6.04 Å². The van der Waals surface area contributed by atoms with Gasteiger partial charge in [0, 0.05) is 12.5 Å². The number of rotatable bonds is 4. The third-order valence-electron chi connectivity index (χ3n) is 4.35. The van der Waals surface area contributed by atoms with Crippen LogP contribution >= 0.6 is 0 Å². The van der Waals surface area contributed by atoms with E-state index in [0.29, 0.717) is 38.0 Å². The van der Waals surface area contributed by atoms with Crippen LogP contribution in [0.1, 0.15) is 49.7 Å². The second kappa shape index (κ2) is 6.53. The Labute approximate surface area is 123 Å². The van der Waals surface area contributed by atoms with Crippen LogP contribution in [0.5, 0.6) is 0 Å². The first-order valence-electron chi connectivity index (χ1n) is 7.67. The van der Waals surface area contributed by atoms with Crippen LogP contribution < -0.4 is 5.73 Å². The van der Waals surface area contributed by atoms with Gasteiger partial charge in [0.25, 0.3) is 0 Å². The summed E-state index contributed by atoms with van der Waals surface area (Å²) in [5.74, 6) is 1.40. The van der Waals surface area contributed by atoms with Crippen LogP contribution in [0.2, 0.25) is 0 Å². The molecular weight excluding hydrogens is 272 g/mol. The lowest BCUT2D eigenvalue weighted by Gasteiger charge is -2.32. The number of nitrogens with zero attached hydrogens (tertiary/aromatic N) is 3. The molecule has 3 rings (SSSR count). The van der Waals surface area contributed by atoms with E-state index in [1.54, 1.807) is 0 Å². The molecule has 2 heterocycles. The second-order valence-electron chi connectivity index (χ2n) is 5.85. The number of carbonyl (C=O) groups excluding carboxylic acids is 1. The number of nitrogens with two attached hydrogens (primary N) is 1. The molecule has 7 nitrogen and oxygen atoms in total.